The Balaban J connectivity index is 1.44. The second kappa shape index (κ2) is 10.7. The number of rotatable bonds is 7. The lowest BCUT2D eigenvalue weighted by molar-refractivity contribution is 0.406. The number of hydrogen-bond acceptors (Lipinski definition) is 3. The number of nitrogens with zero attached hydrogens (tertiary/aromatic N) is 4. The maximum absolute atomic E-state index is 5.37. The van der Waals surface area contributed by atoms with Gasteiger partial charge >= 0.3 is 0 Å². The molecule has 4 heteroatoms. The molecule has 0 aliphatic carbocycles. The highest BCUT2D eigenvalue weighted by molar-refractivity contribution is 5.84. The Kier molecular flexibility index (Phi) is 6.76. The molecular formula is C35H34N4. The van der Waals surface area contributed by atoms with Crippen LogP contribution in [0.4, 0.5) is 5.69 Å². The van der Waals surface area contributed by atoms with Gasteiger partial charge in [-0.15, -0.1) is 0 Å². The van der Waals surface area contributed by atoms with Crippen molar-refractivity contribution in [1.82, 2.24) is 14.5 Å². The average Bonchev–Trinajstić information content (AvgIpc) is 3.58. The van der Waals surface area contributed by atoms with Gasteiger partial charge in [-0.3, -0.25) is 4.57 Å². The second-order valence-corrected chi connectivity index (χ2v) is 10.3. The maximum atomic E-state index is 5.37. The van der Waals surface area contributed by atoms with E-state index < -0.39 is 0 Å². The van der Waals surface area contributed by atoms with Crippen molar-refractivity contribution in [2.24, 2.45) is 0 Å². The van der Waals surface area contributed by atoms with Crippen molar-refractivity contribution in [2.75, 3.05) is 18.1 Å². The highest BCUT2D eigenvalue weighted by Crippen LogP contribution is 2.39. The summed E-state index contributed by atoms with van der Waals surface area (Å²) in [4.78, 5) is 10.0. The Labute approximate surface area is 231 Å². The van der Waals surface area contributed by atoms with E-state index in [0.717, 1.165) is 42.4 Å². The lowest BCUT2D eigenvalue weighted by Crippen LogP contribution is -2.27. The number of aromatic nitrogens is 2. The van der Waals surface area contributed by atoms with Crippen molar-refractivity contribution >= 4 is 5.69 Å². The molecule has 1 aliphatic heterocycles. The Bertz CT molecular complexity index is 1580. The Morgan fingerprint density at radius 2 is 1.28 bits per heavy atom. The van der Waals surface area contributed by atoms with E-state index in [1.165, 1.54) is 33.6 Å². The smallest absolute Gasteiger partial charge is 0.116 e. The summed E-state index contributed by atoms with van der Waals surface area (Å²) in [5.41, 5.74) is 10.8. The fourth-order valence-electron chi connectivity index (χ4n) is 5.71. The Morgan fingerprint density at radius 1 is 0.692 bits per heavy atom. The highest BCUT2D eigenvalue weighted by atomic mass is 15.3. The molecule has 0 fully saturated rings. The van der Waals surface area contributed by atoms with E-state index in [0.29, 0.717) is 0 Å². The van der Waals surface area contributed by atoms with Gasteiger partial charge in [0.05, 0.1) is 18.1 Å². The first-order chi connectivity index (χ1) is 19.1. The summed E-state index contributed by atoms with van der Waals surface area (Å²) >= 11 is 0. The van der Waals surface area contributed by atoms with Crippen LogP contribution in [0.1, 0.15) is 22.5 Å². The van der Waals surface area contributed by atoms with Gasteiger partial charge in [-0.05, 0) is 56.2 Å². The largest absolute Gasteiger partial charge is 0.358 e. The van der Waals surface area contributed by atoms with Crippen LogP contribution in [0, 0.1) is 20.8 Å². The Morgan fingerprint density at radius 3 is 1.92 bits per heavy atom. The van der Waals surface area contributed by atoms with Crippen LogP contribution in [0.5, 0.6) is 0 Å². The third-order valence-corrected chi connectivity index (χ3v) is 7.42. The van der Waals surface area contributed by atoms with E-state index in [4.69, 9.17) is 4.98 Å². The first kappa shape index (κ1) is 24.7. The van der Waals surface area contributed by atoms with Gasteiger partial charge in [0.15, 0.2) is 0 Å². The quantitative estimate of drug-likeness (QED) is 0.222. The van der Waals surface area contributed by atoms with E-state index in [-0.39, 0.29) is 0 Å². The van der Waals surface area contributed by atoms with E-state index >= 15 is 0 Å². The molecule has 0 saturated heterocycles. The molecule has 4 aromatic carbocycles. The number of imidazole rings is 1. The molecule has 0 spiro atoms. The predicted molar refractivity (Wildman–Crippen MR) is 162 cm³/mol. The van der Waals surface area contributed by atoms with Gasteiger partial charge in [0.1, 0.15) is 5.82 Å². The van der Waals surface area contributed by atoms with Crippen LogP contribution in [-0.2, 0) is 6.42 Å². The fraction of sp³-hybridized carbons (Fsp3) is 0.171. The minimum absolute atomic E-state index is 0.825. The van der Waals surface area contributed by atoms with Gasteiger partial charge in [-0.25, -0.2) is 4.98 Å². The van der Waals surface area contributed by atoms with Gasteiger partial charge in [0.25, 0.3) is 0 Å². The molecule has 5 aromatic rings. The second-order valence-electron chi connectivity index (χ2n) is 10.3. The SMILES string of the molecule is Cc1cc(C)c(-c2c(-c3ccccc3)nc(CCN3C=CN(c4ccccc4)C3)n2-c2ccccc2)c(C)c1. The zero-order valence-corrected chi connectivity index (χ0v) is 22.9. The van der Waals surface area contributed by atoms with Crippen molar-refractivity contribution in [3.05, 3.63) is 138 Å². The number of hydrogen-bond donors (Lipinski definition) is 0. The van der Waals surface area contributed by atoms with Gasteiger partial charge in [-0.1, -0.05) is 84.4 Å². The standard InChI is InChI=1S/C35H34N4/c1-26-23-27(2)33(28(3)24-26)35-34(29-13-7-4-8-14-29)36-32(39(35)31-17-11-6-12-18-31)19-20-37-21-22-38(25-37)30-15-9-5-10-16-30/h4-18,21-24H,19-20,25H2,1-3H3. The summed E-state index contributed by atoms with van der Waals surface area (Å²) < 4.78 is 2.39. The van der Waals surface area contributed by atoms with Crippen LogP contribution in [0.2, 0.25) is 0 Å². The first-order valence-corrected chi connectivity index (χ1v) is 13.6. The summed E-state index contributed by atoms with van der Waals surface area (Å²) in [5, 5.41) is 0. The predicted octanol–water partition coefficient (Wildman–Crippen LogP) is 7.92. The molecular weight excluding hydrogens is 476 g/mol. The van der Waals surface area contributed by atoms with Crippen molar-refractivity contribution in [1.29, 1.82) is 0 Å². The van der Waals surface area contributed by atoms with Crippen molar-refractivity contribution in [3.8, 4) is 28.2 Å². The van der Waals surface area contributed by atoms with Crippen LogP contribution in [0.15, 0.2) is 116 Å². The molecule has 1 aromatic heterocycles. The number of para-hydroxylation sites is 2. The average molecular weight is 511 g/mol. The van der Waals surface area contributed by atoms with Gasteiger partial charge in [0.2, 0.25) is 0 Å². The molecule has 1 aliphatic rings. The van der Waals surface area contributed by atoms with Gasteiger partial charge in [0, 0.05) is 47.9 Å². The molecule has 0 amide bonds. The molecule has 0 bridgehead atoms. The van der Waals surface area contributed by atoms with Crippen LogP contribution in [0.3, 0.4) is 0 Å². The molecule has 0 saturated carbocycles. The Hall–Kier alpha value is -4.57. The number of benzene rings is 4. The lowest BCUT2D eigenvalue weighted by Gasteiger charge is -2.22. The molecule has 2 heterocycles. The first-order valence-electron chi connectivity index (χ1n) is 13.6. The van der Waals surface area contributed by atoms with E-state index in [1.54, 1.807) is 0 Å². The number of anilines is 1. The van der Waals surface area contributed by atoms with E-state index in [1.807, 2.05) is 0 Å². The zero-order valence-electron chi connectivity index (χ0n) is 22.9. The molecule has 0 N–H and O–H groups in total. The minimum atomic E-state index is 0.825. The molecule has 0 radical (unpaired) electrons. The number of aryl methyl sites for hydroxylation is 3. The van der Waals surface area contributed by atoms with Crippen LogP contribution >= 0.6 is 0 Å². The fourth-order valence-corrected chi connectivity index (χ4v) is 5.71. The van der Waals surface area contributed by atoms with E-state index in [2.05, 4.69) is 151 Å². The van der Waals surface area contributed by atoms with Crippen molar-refractivity contribution < 1.29 is 0 Å². The summed E-state index contributed by atoms with van der Waals surface area (Å²) in [7, 11) is 0. The molecule has 4 nitrogen and oxygen atoms in total. The molecule has 6 rings (SSSR count). The molecule has 0 atom stereocenters. The summed E-state index contributed by atoms with van der Waals surface area (Å²) in [5.74, 6) is 1.07. The third kappa shape index (κ3) is 4.98. The zero-order chi connectivity index (χ0) is 26.8. The van der Waals surface area contributed by atoms with Gasteiger partial charge in [-0.2, -0.15) is 0 Å². The summed E-state index contributed by atoms with van der Waals surface area (Å²) in [6, 6.07) is 36.4. The van der Waals surface area contributed by atoms with Crippen molar-refractivity contribution in [3.63, 3.8) is 0 Å². The molecule has 0 unspecified atom stereocenters. The van der Waals surface area contributed by atoms with Crippen LogP contribution in [0.25, 0.3) is 28.2 Å². The summed E-state index contributed by atoms with van der Waals surface area (Å²) in [6.45, 7) is 8.33. The van der Waals surface area contributed by atoms with Gasteiger partial charge < -0.3 is 9.80 Å². The normalized spacial score (nSPS) is 12.9. The minimum Gasteiger partial charge on any atom is -0.358 e. The maximum Gasteiger partial charge on any atom is 0.116 e. The van der Waals surface area contributed by atoms with Crippen LogP contribution < -0.4 is 4.90 Å². The van der Waals surface area contributed by atoms with E-state index in [9.17, 15) is 0 Å². The van der Waals surface area contributed by atoms with Crippen molar-refractivity contribution in [2.45, 2.75) is 27.2 Å². The topological polar surface area (TPSA) is 24.3 Å². The molecule has 194 valence electrons. The third-order valence-electron chi connectivity index (χ3n) is 7.42. The lowest BCUT2D eigenvalue weighted by atomic mass is 9.94. The highest BCUT2D eigenvalue weighted by Gasteiger charge is 2.24. The monoisotopic (exact) mass is 510 g/mol. The van der Waals surface area contributed by atoms with Crippen LogP contribution in [-0.4, -0.2) is 27.7 Å². The summed E-state index contributed by atoms with van der Waals surface area (Å²) in [6.07, 6.45) is 5.18. The molecule has 39 heavy (non-hydrogen) atoms.